The number of thiophene rings is 1. The van der Waals surface area contributed by atoms with Gasteiger partial charge in [-0.25, -0.2) is 4.98 Å². The summed E-state index contributed by atoms with van der Waals surface area (Å²) in [7, 11) is 1.80. The average Bonchev–Trinajstić information content (AvgIpc) is 3.09. The largest absolute Gasteiger partial charge is 0.356 e. The summed E-state index contributed by atoms with van der Waals surface area (Å²) in [6.07, 6.45) is 3.89. The molecule has 108 valence electrons. The van der Waals surface area contributed by atoms with Crippen LogP contribution in [0.4, 0.5) is 0 Å². The standard InChI is InChI=1S/C14H20N4S2/c1-11-10-18-13(20-11)6-8-17-14(15-2)16-7-5-12-4-3-9-19-12/h3-4,9-10H,5-8H2,1-2H3,(H2,15,16,17). The first-order valence-electron chi connectivity index (χ1n) is 6.66. The van der Waals surface area contributed by atoms with E-state index in [-0.39, 0.29) is 0 Å². The lowest BCUT2D eigenvalue weighted by molar-refractivity contribution is 0.785. The lowest BCUT2D eigenvalue weighted by Crippen LogP contribution is -2.39. The molecule has 0 spiro atoms. The average molecular weight is 308 g/mol. The molecule has 0 saturated heterocycles. The van der Waals surface area contributed by atoms with Crippen LogP contribution in [0.2, 0.25) is 0 Å². The number of guanidine groups is 1. The normalized spacial score (nSPS) is 11.6. The summed E-state index contributed by atoms with van der Waals surface area (Å²) in [5.41, 5.74) is 0. The van der Waals surface area contributed by atoms with Gasteiger partial charge >= 0.3 is 0 Å². The third-order valence-electron chi connectivity index (χ3n) is 2.77. The van der Waals surface area contributed by atoms with Crippen molar-refractivity contribution in [2.24, 2.45) is 4.99 Å². The molecule has 0 amide bonds. The van der Waals surface area contributed by atoms with Crippen LogP contribution in [0.1, 0.15) is 14.8 Å². The third kappa shape index (κ3) is 4.94. The molecule has 20 heavy (non-hydrogen) atoms. The Labute approximate surface area is 128 Å². The molecule has 2 aromatic heterocycles. The molecular weight excluding hydrogens is 288 g/mol. The second-order valence-electron chi connectivity index (χ2n) is 4.37. The number of aryl methyl sites for hydroxylation is 1. The number of rotatable bonds is 6. The highest BCUT2D eigenvalue weighted by Gasteiger charge is 2.01. The third-order valence-corrected chi connectivity index (χ3v) is 4.68. The van der Waals surface area contributed by atoms with E-state index < -0.39 is 0 Å². The zero-order chi connectivity index (χ0) is 14.2. The van der Waals surface area contributed by atoms with E-state index in [1.165, 1.54) is 14.8 Å². The molecule has 0 atom stereocenters. The number of aliphatic imine (C=N–C) groups is 1. The molecule has 0 aromatic carbocycles. The van der Waals surface area contributed by atoms with Crippen LogP contribution in [-0.4, -0.2) is 31.1 Å². The van der Waals surface area contributed by atoms with E-state index in [0.717, 1.165) is 31.9 Å². The van der Waals surface area contributed by atoms with Gasteiger partial charge in [-0.3, -0.25) is 4.99 Å². The first kappa shape index (κ1) is 15.0. The van der Waals surface area contributed by atoms with Gasteiger partial charge in [0.25, 0.3) is 0 Å². The van der Waals surface area contributed by atoms with Gasteiger partial charge in [-0.05, 0) is 24.8 Å². The number of nitrogens with zero attached hydrogens (tertiary/aromatic N) is 2. The van der Waals surface area contributed by atoms with Crippen molar-refractivity contribution in [3.63, 3.8) is 0 Å². The summed E-state index contributed by atoms with van der Waals surface area (Å²) in [6, 6.07) is 4.25. The van der Waals surface area contributed by atoms with Crippen LogP contribution in [0.5, 0.6) is 0 Å². The molecule has 2 N–H and O–H groups in total. The predicted molar refractivity (Wildman–Crippen MR) is 87.9 cm³/mol. The van der Waals surface area contributed by atoms with Crippen LogP contribution in [-0.2, 0) is 12.8 Å². The topological polar surface area (TPSA) is 49.3 Å². The fourth-order valence-corrected chi connectivity index (χ4v) is 3.28. The molecule has 0 bridgehead atoms. The molecule has 0 aliphatic carbocycles. The molecule has 2 heterocycles. The molecule has 0 saturated carbocycles. The van der Waals surface area contributed by atoms with Crippen LogP contribution in [0, 0.1) is 6.92 Å². The molecule has 6 heteroatoms. The van der Waals surface area contributed by atoms with E-state index in [2.05, 4.69) is 45.0 Å². The van der Waals surface area contributed by atoms with Gasteiger partial charge in [-0.2, -0.15) is 0 Å². The highest BCUT2D eigenvalue weighted by molar-refractivity contribution is 7.11. The zero-order valence-electron chi connectivity index (χ0n) is 11.8. The minimum Gasteiger partial charge on any atom is -0.356 e. The Kier molecular flexibility index (Phi) is 6.01. The highest BCUT2D eigenvalue weighted by atomic mass is 32.1. The van der Waals surface area contributed by atoms with Crippen molar-refractivity contribution < 1.29 is 0 Å². The van der Waals surface area contributed by atoms with Gasteiger partial charge in [0.15, 0.2) is 5.96 Å². The fraction of sp³-hybridized carbons (Fsp3) is 0.429. The Balaban J connectivity index is 1.65. The highest BCUT2D eigenvalue weighted by Crippen LogP contribution is 2.11. The first-order chi connectivity index (χ1) is 9.78. The molecular formula is C14H20N4S2. The minimum absolute atomic E-state index is 0.853. The van der Waals surface area contributed by atoms with E-state index in [1.807, 2.05) is 6.20 Å². The molecule has 0 aliphatic heterocycles. The SMILES string of the molecule is CN=C(NCCc1cccs1)NCCc1ncc(C)s1. The van der Waals surface area contributed by atoms with Gasteiger partial charge in [-0.15, -0.1) is 22.7 Å². The lowest BCUT2D eigenvalue weighted by atomic mass is 10.3. The molecule has 2 aromatic rings. The Morgan fingerprint density at radius 3 is 2.70 bits per heavy atom. The molecule has 0 fully saturated rings. The van der Waals surface area contributed by atoms with Crippen LogP contribution in [0.25, 0.3) is 0 Å². The summed E-state index contributed by atoms with van der Waals surface area (Å²) < 4.78 is 0. The molecule has 0 unspecified atom stereocenters. The van der Waals surface area contributed by atoms with Crippen LogP contribution in [0.15, 0.2) is 28.7 Å². The molecule has 4 nitrogen and oxygen atoms in total. The van der Waals surface area contributed by atoms with Crippen molar-refractivity contribution in [2.75, 3.05) is 20.1 Å². The Morgan fingerprint density at radius 2 is 2.10 bits per heavy atom. The lowest BCUT2D eigenvalue weighted by Gasteiger charge is -2.10. The first-order valence-corrected chi connectivity index (χ1v) is 8.36. The molecule has 0 aliphatic rings. The van der Waals surface area contributed by atoms with E-state index in [0.29, 0.717) is 0 Å². The maximum absolute atomic E-state index is 4.35. The van der Waals surface area contributed by atoms with Crippen molar-refractivity contribution in [3.05, 3.63) is 38.5 Å². The van der Waals surface area contributed by atoms with Crippen LogP contribution < -0.4 is 10.6 Å². The van der Waals surface area contributed by atoms with Gasteiger partial charge in [0.05, 0.1) is 5.01 Å². The minimum atomic E-state index is 0.853. The summed E-state index contributed by atoms with van der Waals surface area (Å²) in [4.78, 5) is 11.2. The van der Waals surface area contributed by atoms with Crippen molar-refractivity contribution in [2.45, 2.75) is 19.8 Å². The van der Waals surface area contributed by atoms with Crippen LogP contribution >= 0.6 is 22.7 Å². The summed E-state index contributed by atoms with van der Waals surface area (Å²) in [5, 5.41) is 9.92. The van der Waals surface area contributed by atoms with E-state index in [9.17, 15) is 0 Å². The van der Waals surface area contributed by atoms with Gasteiger partial charge < -0.3 is 10.6 Å². The monoisotopic (exact) mass is 308 g/mol. The van der Waals surface area contributed by atoms with Crippen molar-refractivity contribution in [1.82, 2.24) is 15.6 Å². The quantitative estimate of drug-likeness (QED) is 0.637. The molecule has 0 radical (unpaired) electrons. The second kappa shape index (κ2) is 8.01. The van der Waals surface area contributed by atoms with Gasteiger partial charge in [0, 0.05) is 42.5 Å². The van der Waals surface area contributed by atoms with Gasteiger partial charge in [0.2, 0.25) is 0 Å². The maximum Gasteiger partial charge on any atom is 0.191 e. The maximum atomic E-state index is 4.35. The number of aromatic nitrogens is 1. The number of hydrogen-bond acceptors (Lipinski definition) is 4. The van der Waals surface area contributed by atoms with Crippen molar-refractivity contribution >= 4 is 28.6 Å². The Morgan fingerprint density at radius 1 is 1.30 bits per heavy atom. The molecule has 2 rings (SSSR count). The Hall–Kier alpha value is -1.40. The number of hydrogen-bond donors (Lipinski definition) is 2. The van der Waals surface area contributed by atoms with E-state index in [1.54, 1.807) is 29.7 Å². The summed E-state index contributed by atoms with van der Waals surface area (Å²) in [5.74, 6) is 0.856. The number of nitrogens with one attached hydrogen (secondary N) is 2. The Bertz CT molecular complexity index is 531. The van der Waals surface area contributed by atoms with Crippen molar-refractivity contribution in [3.8, 4) is 0 Å². The summed E-state index contributed by atoms with van der Waals surface area (Å²) >= 11 is 3.55. The van der Waals surface area contributed by atoms with Gasteiger partial charge in [0.1, 0.15) is 0 Å². The van der Waals surface area contributed by atoms with Crippen molar-refractivity contribution in [1.29, 1.82) is 0 Å². The van der Waals surface area contributed by atoms with Gasteiger partial charge in [-0.1, -0.05) is 6.07 Å². The van der Waals surface area contributed by atoms with E-state index >= 15 is 0 Å². The van der Waals surface area contributed by atoms with Crippen LogP contribution in [0.3, 0.4) is 0 Å². The number of thiazole rings is 1. The second-order valence-corrected chi connectivity index (χ2v) is 6.72. The fourth-order valence-electron chi connectivity index (χ4n) is 1.78. The predicted octanol–water partition coefficient (Wildman–Crippen LogP) is 2.46. The summed E-state index contributed by atoms with van der Waals surface area (Å²) in [6.45, 7) is 3.84. The smallest absolute Gasteiger partial charge is 0.191 e. The van der Waals surface area contributed by atoms with E-state index in [4.69, 9.17) is 0 Å². The zero-order valence-corrected chi connectivity index (χ0v) is 13.5.